The number of hydrogen-bond acceptors (Lipinski definition) is 5. The number of nitrogens with zero attached hydrogens (tertiary/aromatic N) is 1. The average molecular weight is 558 g/mol. The molecule has 0 fully saturated rings. The lowest BCUT2D eigenvalue weighted by Gasteiger charge is -2.13. The number of rotatable bonds is 7. The van der Waals surface area contributed by atoms with E-state index in [9.17, 15) is 14.4 Å². The number of benzene rings is 3. The predicted molar refractivity (Wildman–Crippen MR) is 140 cm³/mol. The van der Waals surface area contributed by atoms with Gasteiger partial charge in [-0.1, -0.05) is 33.6 Å². The molecule has 0 heterocycles. The molecule has 3 amide bonds. The standard InChI is InChI=1S/C25H22BrClN4O4/c1-15-10-18(26)11-16(2)23(15)30-22(32)14-35-21-8-6-17(7-9-21)13-28-31-25(34)24(33)29-20-5-3-4-19(27)12-20/h3-13H,14H2,1-2H3,(H,29,33)(H,30,32)(H,31,34)/b28-13-. The molecule has 0 aliphatic rings. The second-order valence-corrected chi connectivity index (χ2v) is 8.84. The number of anilines is 2. The summed E-state index contributed by atoms with van der Waals surface area (Å²) in [5, 5.41) is 9.50. The Morgan fingerprint density at radius 3 is 2.31 bits per heavy atom. The SMILES string of the molecule is Cc1cc(Br)cc(C)c1NC(=O)COc1ccc(/C=N\NC(=O)C(=O)Nc2cccc(Cl)c2)cc1. The summed E-state index contributed by atoms with van der Waals surface area (Å²) in [5.74, 6) is -1.59. The molecule has 3 rings (SSSR count). The Morgan fingerprint density at radius 2 is 1.66 bits per heavy atom. The molecular weight excluding hydrogens is 536 g/mol. The van der Waals surface area contributed by atoms with E-state index in [4.69, 9.17) is 16.3 Å². The van der Waals surface area contributed by atoms with Gasteiger partial charge in [0.15, 0.2) is 6.61 Å². The molecule has 0 aliphatic carbocycles. The maximum atomic E-state index is 12.3. The summed E-state index contributed by atoms with van der Waals surface area (Å²) in [4.78, 5) is 36.1. The number of hydrazone groups is 1. The normalized spacial score (nSPS) is 10.6. The van der Waals surface area contributed by atoms with Gasteiger partial charge in [-0.3, -0.25) is 14.4 Å². The van der Waals surface area contributed by atoms with E-state index in [2.05, 4.69) is 37.1 Å². The van der Waals surface area contributed by atoms with Gasteiger partial charge in [0.25, 0.3) is 5.91 Å². The molecule has 3 aromatic rings. The van der Waals surface area contributed by atoms with Gasteiger partial charge in [-0.2, -0.15) is 5.10 Å². The lowest BCUT2D eigenvalue weighted by Crippen LogP contribution is -2.32. The minimum Gasteiger partial charge on any atom is -0.484 e. The fraction of sp³-hybridized carbons (Fsp3) is 0.120. The molecule has 0 aliphatic heterocycles. The topological polar surface area (TPSA) is 109 Å². The van der Waals surface area contributed by atoms with Gasteiger partial charge in [0.05, 0.1) is 6.21 Å². The number of halogens is 2. The summed E-state index contributed by atoms with van der Waals surface area (Å²) < 4.78 is 6.49. The van der Waals surface area contributed by atoms with Crippen LogP contribution in [-0.4, -0.2) is 30.5 Å². The number of aryl methyl sites for hydroxylation is 2. The lowest BCUT2D eigenvalue weighted by atomic mass is 10.1. The minimum absolute atomic E-state index is 0.153. The summed E-state index contributed by atoms with van der Waals surface area (Å²) in [6.07, 6.45) is 1.38. The summed E-state index contributed by atoms with van der Waals surface area (Å²) in [7, 11) is 0. The van der Waals surface area contributed by atoms with E-state index in [1.54, 1.807) is 42.5 Å². The first-order chi connectivity index (χ1) is 16.7. The maximum absolute atomic E-state index is 12.3. The van der Waals surface area contributed by atoms with Crippen LogP contribution in [0.3, 0.4) is 0 Å². The van der Waals surface area contributed by atoms with Crippen LogP contribution in [0.15, 0.2) is 70.2 Å². The second-order valence-electron chi connectivity index (χ2n) is 7.48. The molecule has 0 saturated carbocycles. The number of hydrogen-bond donors (Lipinski definition) is 3. The van der Waals surface area contributed by atoms with Crippen LogP contribution < -0.4 is 20.8 Å². The van der Waals surface area contributed by atoms with Crippen molar-refractivity contribution in [1.82, 2.24) is 5.43 Å². The molecule has 0 aromatic heterocycles. The van der Waals surface area contributed by atoms with E-state index in [0.717, 1.165) is 21.3 Å². The van der Waals surface area contributed by atoms with Crippen LogP contribution in [0.4, 0.5) is 11.4 Å². The third kappa shape index (κ3) is 7.94. The van der Waals surface area contributed by atoms with E-state index in [0.29, 0.717) is 22.0 Å². The molecule has 0 atom stereocenters. The number of carbonyl (C=O) groups excluding carboxylic acids is 3. The fourth-order valence-corrected chi connectivity index (χ4v) is 3.93. The van der Waals surface area contributed by atoms with Gasteiger partial charge in [-0.15, -0.1) is 0 Å². The molecule has 180 valence electrons. The number of amides is 3. The van der Waals surface area contributed by atoms with Gasteiger partial charge in [-0.25, -0.2) is 5.43 Å². The van der Waals surface area contributed by atoms with Crippen molar-refractivity contribution in [3.05, 3.63) is 86.8 Å². The van der Waals surface area contributed by atoms with Crippen molar-refractivity contribution in [3.8, 4) is 5.75 Å². The van der Waals surface area contributed by atoms with Crippen molar-refractivity contribution in [3.63, 3.8) is 0 Å². The highest BCUT2D eigenvalue weighted by atomic mass is 79.9. The van der Waals surface area contributed by atoms with Gasteiger partial charge >= 0.3 is 11.8 Å². The predicted octanol–water partition coefficient (Wildman–Crippen LogP) is 4.83. The second kappa shape index (κ2) is 12.1. The molecular formula is C25H22BrClN4O4. The molecule has 0 bridgehead atoms. The van der Waals surface area contributed by atoms with Crippen LogP contribution >= 0.6 is 27.5 Å². The highest BCUT2D eigenvalue weighted by Gasteiger charge is 2.13. The monoisotopic (exact) mass is 556 g/mol. The first-order valence-corrected chi connectivity index (χ1v) is 11.6. The fourth-order valence-electron chi connectivity index (χ4n) is 3.05. The zero-order valence-corrected chi connectivity index (χ0v) is 21.2. The van der Waals surface area contributed by atoms with Crippen molar-refractivity contribution < 1.29 is 19.1 Å². The van der Waals surface area contributed by atoms with Gasteiger partial charge in [0.1, 0.15) is 5.75 Å². The van der Waals surface area contributed by atoms with Crippen LogP contribution in [0.5, 0.6) is 5.75 Å². The van der Waals surface area contributed by atoms with E-state index in [1.807, 2.05) is 26.0 Å². The van der Waals surface area contributed by atoms with Crippen molar-refractivity contribution >= 4 is 62.8 Å². The Hall–Kier alpha value is -3.69. The molecule has 8 nitrogen and oxygen atoms in total. The Morgan fingerprint density at radius 1 is 0.971 bits per heavy atom. The summed E-state index contributed by atoms with van der Waals surface area (Å²) >= 11 is 9.28. The molecule has 0 saturated heterocycles. The van der Waals surface area contributed by atoms with Crippen LogP contribution in [0, 0.1) is 13.8 Å². The van der Waals surface area contributed by atoms with E-state index >= 15 is 0 Å². The van der Waals surface area contributed by atoms with Crippen molar-refractivity contribution in [1.29, 1.82) is 0 Å². The third-order valence-electron chi connectivity index (χ3n) is 4.68. The quantitative estimate of drug-likeness (QED) is 0.220. The summed E-state index contributed by atoms with van der Waals surface area (Å²) in [5.41, 5.74) is 5.86. The first-order valence-electron chi connectivity index (χ1n) is 10.4. The Kier molecular flexibility index (Phi) is 8.99. The maximum Gasteiger partial charge on any atom is 0.329 e. The third-order valence-corrected chi connectivity index (χ3v) is 5.37. The molecule has 35 heavy (non-hydrogen) atoms. The smallest absolute Gasteiger partial charge is 0.329 e. The largest absolute Gasteiger partial charge is 0.484 e. The highest BCUT2D eigenvalue weighted by Crippen LogP contribution is 2.25. The van der Waals surface area contributed by atoms with Crippen LogP contribution in [-0.2, 0) is 14.4 Å². The molecule has 10 heteroatoms. The number of carbonyl (C=O) groups is 3. The van der Waals surface area contributed by atoms with Crippen LogP contribution in [0.1, 0.15) is 16.7 Å². The van der Waals surface area contributed by atoms with Crippen LogP contribution in [0.25, 0.3) is 0 Å². The van der Waals surface area contributed by atoms with Gasteiger partial charge < -0.3 is 15.4 Å². The van der Waals surface area contributed by atoms with Crippen molar-refractivity contribution in [2.24, 2.45) is 5.10 Å². The Balaban J connectivity index is 1.46. The molecule has 0 radical (unpaired) electrons. The van der Waals surface area contributed by atoms with Crippen LogP contribution in [0.2, 0.25) is 5.02 Å². The lowest BCUT2D eigenvalue weighted by molar-refractivity contribution is -0.136. The van der Waals surface area contributed by atoms with Crippen molar-refractivity contribution in [2.75, 3.05) is 17.2 Å². The number of nitrogens with one attached hydrogen (secondary N) is 3. The van der Waals surface area contributed by atoms with E-state index in [-0.39, 0.29) is 12.5 Å². The van der Waals surface area contributed by atoms with Gasteiger partial charge in [0, 0.05) is 20.9 Å². The number of ether oxygens (including phenoxy) is 1. The summed E-state index contributed by atoms with van der Waals surface area (Å²) in [6, 6.07) is 17.0. The Labute approximate surface area is 215 Å². The average Bonchev–Trinajstić information content (AvgIpc) is 2.80. The molecule has 0 spiro atoms. The zero-order chi connectivity index (χ0) is 25.4. The molecule has 3 aromatic carbocycles. The highest BCUT2D eigenvalue weighted by molar-refractivity contribution is 9.10. The summed E-state index contributed by atoms with van der Waals surface area (Å²) in [6.45, 7) is 3.69. The Bertz CT molecular complexity index is 1260. The zero-order valence-electron chi connectivity index (χ0n) is 18.9. The van der Waals surface area contributed by atoms with Crippen molar-refractivity contribution in [2.45, 2.75) is 13.8 Å². The van der Waals surface area contributed by atoms with E-state index in [1.165, 1.54) is 12.3 Å². The van der Waals surface area contributed by atoms with Gasteiger partial charge in [0.2, 0.25) is 0 Å². The van der Waals surface area contributed by atoms with E-state index < -0.39 is 11.8 Å². The van der Waals surface area contributed by atoms with Gasteiger partial charge in [-0.05, 0) is 85.1 Å². The molecule has 3 N–H and O–H groups in total. The molecule has 0 unspecified atom stereocenters. The minimum atomic E-state index is -0.927. The first kappa shape index (κ1) is 25.9.